The van der Waals surface area contributed by atoms with Gasteiger partial charge in [0.2, 0.25) is 0 Å². The zero-order valence-corrected chi connectivity index (χ0v) is 13.6. The first-order valence-corrected chi connectivity index (χ1v) is 8.05. The lowest BCUT2D eigenvalue weighted by Crippen LogP contribution is -1.99. The molecule has 2 rings (SSSR count). The molecule has 0 amide bonds. The summed E-state index contributed by atoms with van der Waals surface area (Å²) < 4.78 is 5.49. The third kappa shape index (κ3) is 3.96. The number of hydrogen-bond donors (Lipinski definition) is 2. The lowest BCUT2D eigenvalue weighted by molar-refractivity contribution is 0.379. The van der Waals surface area contributed by atoms with Crippen molar-refractivity contribution >= 4 is 8.81 Å². The summed E-state index contributed by atoms with van der Waals surface area (Å²) in [6.07, 6.45) is 1.18. The first-order chi connectivity index (χ1) is 10.0. The molecule has 0 heterocycles. The van der Waals surface area contributed by atoms with Crippen molar-refractivity contribution in [1.82, 2.24) is 0 Å². The molecule has 4 heteroatoms. The first kappa shape index (κ1) is 15.8. The van der Waals surface area contributed by atoms with Gasteiger partial charge in [0.25, 0.3) is 0 Å². The Balaban J connectivity index is 2.25. The first-order valence-electron chi connectivity index (χ1n) is 6.89. The van der Waals surface area contributed by atoms with Crippen LogP contribution in [0.25, 0.3) is 0 Å². The third-order valence-corrected chi connectivity index (χ3v) is 3.89. The molecule has 0 aliphatic rings. The molecule has 0 aliphatic heterocycles. The standard InChI is InChI=1S/C17H21O3P/c1-11-7-15(20-10-21-19)8-12(2)16(11)9-14-4-5-17(18)13(3)6-14/h4-8,18-19,21H,9-10H2,1-3H3. The summed E-state index contributed by atoms with van der Waals surface area (Å²) in [5.41, 5.74) is 5.71. The number of rotatable bonds is 5. The highest BCUT2D eigenvalue weighted by atomic mass is 31.1. The van der Waals surface area contributed by atoms with Gasteiger partial charge in [0.15, 0.2) is 0 Å². The van der Waals surface area contributed by atoms with Crippen molar-refractivity contribution in [3.05, 3.63) is 58.1 Å². The van der Waals surface area contributed by atoms with E-state index in [-0.39, 0.29) is 8.81 Å². The molecule has 0 saturated heterocycles. The van der Waals surface area contributed by atoms with Crippen LogP contribution in [-0.2, 0) is 6.42 Å². The number of aryl methyl sites for hydroxylation is 3. The minimum atomic E-state index is -0.197. The van der Waals surface area contributed by atoms with Crippen molar-refractivity contribution < 1.29 is 14.7 Å². The van der Waals surface area contributed by atoms with Gasteiger partial charge in [-0.2, -0.15) is 0 Å². The van der Waals surface area contributed by atoms with E-state index in [0.29, 0.717) is 12.1 Å². The number of aromatic hydroxyl groups is 1. The SMILES string of the molecule is Cc1cc(Cc2c(C)cc(OCPO)cc2C)ccc1O. The Morgan fingerprint density at radius 3 is 2.24 bits per heavy atom. The molecule has 21 heavy (non-hydrogen) atoms. The van der Waals surface area contributed by atoms with Crippen LogP contribution >= 0.6 is 8.81 Å². The topological polar surface area (TPSA) is 49.7 Å². The second-order valence-corrected chi connectivity index (χ2v) is 5.88. The van der Waals surface area contributed by atoms with Crippen LogP contribution in [0, 0.1) is 20.8 Å². The van der Waals surface area contributed by atoms with Crippen LogP contribution in [0.4, 0.5) is 0 Å². The second-order valence-electron chi connectivity index (χ2n) is 5.28. The van der Waals surface area contributed by atoms with Crippen molar-refractivity contribution in [3.63, 3.8) is 0 Å². The number of phenols is 1. The van der Waals surface area contributed by atoms with E-state index < -0.39 is 0 Å². The Morgan fingerprint density at radius 1 is 1.00 bits per heavy atom. The van der Waals surface area contributed by atoms with Crippen LogP contribution in [0.2, 0.25) is 0 Å². The molecule has 2 aromatic rings. The van der Waals surface area contributed by atoms with E-state index in [1.54, 1.807) is 6.07 Å². The minimum Gasteiger partial charge on any atom is -0.508 e. The maximum atomic E-state index is 9.60. The summed E-state index contributed by atoms with van der Waals surface area (Å²) in [6, 6.07) is 9.74. The fourth-order valence-corrected chi connectivity index (χ4v) is 2.69. The van der Waals surface area contributed by atoms with Gasteiger partial charge in [0.05, 0.1) is 0 Å². The van der Waals surface area contributed by atoms with E-state index in [0.717, 1.165) is 17.7 Å². The Labute approximate surface area is 127 Å². The molecular weight excluding hydrogens is 283 g/mol. The average molecular weight is 304 g/mol. The molecule has 0 bridgehead atoms. The molecule has 2 N–H and O–H groups in total. The largest absolute Gasteiger partial charge is 0.508 e. The van der Waals surface area contributed by atoms with Crippen molar-refractivity contribution in [3.8, 4) is 11.5 Å². The highest BCUT2D eigenvalue weighted by molar-refractivity contribution is 7.30. The normalized spacial score (nSPS) is 11.2. The molecule has 3 nitrogen and oxygen atoms in total. The van der Waals surface area contributed by atoms with E-state index >= 15 is 0 Å². The molecule has 0 radical (unpaired) electrons. The van der Waals surface area contributed by atoms with Crippen molar-refractivity contribution in [2.45, 2.75) is 27.2 Å². The average Bonchev–Trinajstić information content (AvgIpc) is 2.44. The van der Waals surface area contributed by atoms with Crippen LogP contribution in [0.1, 0.15) is 27.8 Å². The van der Waals surface area contributed by atoms with Gasteiger partial charge in [-0.15, -0.1) is 0 Å². The number of benzene rings is 2. The maximum absolute atomic E-state index is 9.60. The van der Waals surface area contributed by atoms with Crippen LogP contribution in [-0.4, -0.2) is 16.3 Å². The zero-order chi connectivity index (χ0) is 15.4. The quantitative estimate of drug-likeness (QED) is 0.825. The van der Waals surface area contributed by atoms with E-state index in [4.69, 9.17) is 9.63 Å². The van der Waals surface area contributed by atoms with Gasteiger partial charge in [-0.05, 0) is 73.2 Å². The van der Waals surface area contributed by atoms with Gasteiger partial charge in [0, 0.05) is 8.81 Å². The van der Waals surface area contributed by atoms with Crippen molar-refractivity contribution in [1.29, 1.82) is 0 Å². The van der Waals surface area contributed by atoms with Crippen molar-refractivity contribution in [2.24, 2.45) is 0 Å². The summed E-state index contributed by atoms with van der Waals surface area (Å²) in [6.45, 7) is 6.05. The summed E-state index contributed by atoms with van der Waals surface area (Å²) in [5.74, 6) is 1.14. The van der Waals surface area contributed by atoms with E-state index in [1.807, 2.05) is 31.2 Å². The molecule has 0 fully saturated rings. The molecular formula is C17H21O3P. The molecule has 112 valence electrons. The van der Waals surface area contributed by atoms with Gasteiger partial charge < -0.3 is 14.7 Å². The maximum Gasteiger partial charge on any atom is 0.129 e. The molecule has 1 atom stereocenters. The number of ether oxygens (including phenoxy) is 1. The van der Waals surface area contributed by atoms with E-state index in [9.17, 15) is 5.11 Å². The summed E-state index contributed by atoms with van der Waals surface area (Å²) >= 11 is 0. The fraction of sp³-hybridized carbons (Fsp3) is 0.294. The predicted octanol–water partition coefficient (Wildman–Crippen LogP) is 3.83. The van der Waals surface area contributed by atoms with Crippen LogP contribution in [0.3, 0.4) is 0 Å². The van der Waals surface area contributed by atoms with Gasteiger partial charge >= 0.3 is 0 Å². The molecule has 0 aromatic heterocycles. The minimum absolute atomic E-state index is 0.197. The zero-order valence-electron chi connectivity index (χ0n) is 12.6. The summed E-state index contributed by atoms with van der Waals surface area (Å²) in [4.78, 5) is 8.85. The van der Waals surface area contributed by atoms with Crippen LogP contribution < -0.4 is 4.74 Å². The molecule has 0 spiro atoms. The monoisotopic (exact) mass is 304 g/mol. The molecule has 2 aromatic carbocycles. The fourth-order valence-electron chi connectivity index (χ4n) is 2.46. The summed E-state index contributed by atoms with van der Waals surface area (Å²) in [7, 11) is -0.197. The highest BCUT2D eigenvalue weighted by Gasteiger charge is 2.08. The summed E-state index contributed by atoms with van der Waals surface area (Å²) in [5, 5.41) is 9.60. The Kier molecular flexibility index (Phi) is 5.22. The second kappa shape index (κ2) is 6.93. The third-order valence-electron chi connectivity index (χ3n) is 3.62. The number of phenolic OH excluding ortho intramolecular Hbond substituents is 1. The van der Waals surface area contributed by atoms with Gasteiger partial charge in [0.1, 0.15) is 17.8 Å². The Hall–Kier alpha value is -1.57. The van der Waals surface area contributed by atoms with Crippen LogP contribution in [0.15, 0.2) is 30.3 Å². The van der Waals surface area contributed by atoms with Gasteiger partial charge in [-0.3, -0.25) is 0 Å². The van der Waals surface area contributed by atoms with E-state index in [2.05, 4.69) is 13.8 Å². The van der Waals surface area contributed by atoms with Crippen LogP contribution in [0.5, 0.6) is 11.5 Å². The molecule has 0 aliphatic carbocycles. The smallest absolute Gasteiger partial charge is 0.129 e. The van der Waals surface area contributed by atoms with Gasteiger partial charge in [-0.1, -0.05) is 12.1 Å². The lowest BCUT2D eigenvalue weighted by Gasteiger charge is -2.14. The predicted molar refractivity (Wildman–Crippen MR) is 87.6 cm³/mol. The van der Waals surface area contributed by atoms with Gasteiger partial charge in [-0.25, -0.2) is 0 Å². The Bertz CT molecular complexity index is 615. The molecule has 1 unspecified atom stereocenters. The number of hydrogen-bond acceptors (Lipinski definition) is 3. The highest BCUT2D eigenvalue weighted by Crippen LogP contribution is 2.26. The van der Waals surface area contributed by atoms with E-state index in [1.165, 1.54) is 22.3 Å². The lowest BCUT2D eigenvalue weighted by atomic mass is 9.95. The Morgan fingerprint density at radius 2 is 1.67 bits per heavy atom. The van der Waals surface area contributed by atoms with Crippen molar-refractivity contribution in [2.75, 3.05) is 6.35 Å². The molecule has 0 saturated carbocycles.